The molecule has 8 nitrogen and oxygen atoms in total. The van der Waals surface area contributed by atoms with Crippen LogP contribution in [-0.2, 0) is 9.53 Å². The van der Waals surface area contributed by atoms with Crippen LogP contribution >= 0.6 is 0 Å². The maximum atomic E-state index is 12.8. The molecule has 2 rings (SSSR count). The third-order valence-electron chi connectivity index (χ3n) is 4.10. The Morgan fingerprint density at radius 3 is 2.37 bits per heavy atom. The molecule has 2 amide bonds. The summed E-state index contributed by atoms with van der Waals surface area (Å²) in [5.41, 5.74) is 0.910. The van der Waals surface area contributed by atoms with Gasteiger partial charge in [-0.2, -0.15) is 0 Å². The van der Waals surface area contributed by atoms with Crippen molar-refractivity contribution in [2.45, 2.75) is 77.6 Å². The number of carbonyl (C=O) groups excluding carboxylic acids is 3. The van der Waals surface area contributed by atoms with Gasteiger partial charge in [0.25, 0.3) is 5.91 Å². The highest BCUT2D eigenvalue weighted by Crippen LogP contribution is 2.32. The minimum absolute atomic E-state index is 0.159. The van der Waals surface area contributed by atoms with E-state index in [2.05, 4.69) is 21.3 Å². The molecule has 1 atom stereocenters. The molecule has 0 aromatic heterocycles. The number of nitrogens with one attached hydrogen (secondary N) is 4. The highest BCUT2D eigenvalue weighted by atomic mass is 16.6. The molecule has 1 aromatic carbocycles. The van der Waals surface area contributed by atoms with Crippen LogP contribution in [0.5, 0.6) is 0 Å². The van der Waals surface area contributed by atoms with Gasteiger partial charge in [0, 0.05) is 18.1 Å². The van der Waals surface area contributed by atoms with Gasteiger partial charge in [-0.1, -0.05) is 6.07 Å². The molecule has 1 fully saturated rings. The van der Waals surface area contributed by atoms with Crippen LogP contribution in [0.25, 0.3) is 0 Å². The van der Waals surface area contributed by atoms with Crippen LogP contribution in [-0.4, -0.2) is 48.1 Å². The van der Waals surface area contributed by atoms with Crippen molar-refractivity contribution in [3.8, 4) is 0 Å². The van der Waals surface area contributed by atoms with E-state index >= 15 is 0 Å². The number of anilines is 2. The molecule has 8 heteroatoms. The molecule has 0 saturated heterocycles. The molecule has 1 saturated carbocycles. The topological polar surface area (TPSA) is 109 Å². The number of amides is 2. The molecule has 1 unspecified atom stereocenters. The van der Waals surface area contributed by atoms with E-state index in [0.717, 1.165) is 12.8 Å². The second-order valence-corrected chi connectivity index (χ2v) is 9.62. The van der Waals surface area contributed by atoms with Crippen LogP contribution in [0.2, 0.25) is 0 Å². The van der Waals surface area contributed by atoms with E-state index in [1.54, 1.807) is 32.9 Å². The molecule has 166 valence electrons. The number of ether oxygens (including phenoxy) is 1. The van der Waals surface area contributed by atoms with E-state index in [-0.39, 0.29) is 18.0 Å². The summed E-state index contributed by atoms with van der Waals surface area (Å²) >= 11 is 0. The summed E-state index contributed by atoms with van der Waals surface area (Å²) in [5.74, 6) is -0.173. The van der Waals surface area contributed by atoms with Crippen LogP contribution < -0.4 is 21.3 Å². The van der Waals surface area contributed by atoms with E-state index in [9.17, 15) is 14.4 Å². The van der Waals surface area contributed by atoms with E-state index in [1.807, 2.05) is 26.8 Å². The van der Waals surface area contributed by atoms with Crippen LogP contribution in [0, 0.1) is 0 Å². The largest absolute Gasteiger partial charge is 0.444 e. The maximum absolute atomic E-state index is 12.8. The molecule has 0 spiro atoms. The van der Waals surface area contributed by atoms with Gasteiger partial charge in [0.15, 0.2) is 0 Å². The fraction of sp³-hybridized carbons (Fsp3) is 0.591. The second-order valence-electron chi connectivity index (χ2n) is 9.62. The molecule has 1 aromatic rings. The van der Waals surface area contributed by atoms with Crippen molar-refractivity contribution >= 4 is 29.7 Å². The lowest BCUT2D eigenvalue weighted by molar-refractivity contribution is -0.109. The predicted molar refractivity (Wildman–Crippen MR) is 118 cm³/mol. The molecule has 30 heavy (non-hydrogen) atoms. The Morgan fingerprint density at radius 1 is 1.17 bits per heavy atom. The number of hydrogen-bond acceptors (Lipinski definition) is 6. The Bertz CT molecular complexity index is 776. The average molecular weight is 419 g/mol. The molecule has 0 bridgehead atoms. The third-order valence-corrected chi connectivity index (χ3v) is 4.10. The molecule has 1 aliphatic carbocycles. The van der Waals surface area contributed by atoms with Crippen LogP contribution in [0.15, 0.2) is 18.2 Å². The van der Waals surface area contributed by atoms with Gasteiger partial charge >= 0.3 is 6.09 Å². The average Bonchev–Trinajstić information content (AvgIpc) is 3.40. The molecule has 4 N–H and O–H groups in total. The van der Waals surface area contributed by atoms with Crippen molar-refractivity contribution in [3.63, 3.8) is 0 Å². The number of hydrogen-bond donors (Lipinski definition) is 4. The standard InChI is InChI=1S/C22H34N4O4/c1-21(2,3)26-19(28)16-8-7-9-17(18(16)24-14-10-11-14)23-12-15(13-27)25-20(29)30-22(4,5)6/h7-9,13-15,23-24H,10-12H2,1-6H3,(H,25,29)(H,26,28). The minimum atomic E-state index is -0.777. The summed E-state index contributed by atoms with van der Waals surface area (Å²) in [6.07, 6.45) is 2.09. The first kappa shape index (κ1) is 23.5. The van der Waals surface area contributed by atoms with Crippen LogP contribution in [0.1, 0.15) is 64.7 Å². The number of aldehydes is 1. The summed E-state index contributed by atoms with van der Waals surface area (Å²) in [6, 6.07) is 4.95. The number of para-hydroxylation sites is 1. The number of benzene rings is 1. The number of carbonyl (C=O) groups is 3. The summed E-state index contributed by atoms with van der Waals surface area (Å²) in [4.78, 5) is 36.2. The van der Waals surface area contributed by atoms with Crippen molar-refractivity contribution in [2.24, 2.45) is 0 Å². The summed E-state index contributed by atoms with van der Waals surface area (Å²) in [6.45, 7) is 11.2. The lowest BCUT2D eigenvalue weighted by atomic mass is 10.1. The molecule has 0 radical (unpaired) electrons. The van der Waals surface area contributed by atoms with Gasteiger partial charge < -0.3 is 30.8 Å². The van der Waals surface area contributed by atoms with Crippen LogP contribution in [0.4, 0.5) is 16.2 Å². The lowest BCUT2D eigenvalue weighted by Gasteiger charge is -2.24. The van der Waals surface area contributed by atoms with E-state index in [4.69, 9.17) is 4.74 Å². The molecular weight excluding hydrogens is 384 g/mol. The van der Waals surface area contributed by atoms with Crippen LogP contribution in [0.3, 0.4) is 0 Å². The van der Waals surface area contributed by atoms with E-state index in [1.165, 1.54) is 0 Å². The Balaban J connectivity index is 2.13. The predicted octanol–water partition coefficient (Wildman–Crippen LogP) is 3.29. The Labute approximate surface area is 178 Å². The van der Waals surface area contributed by atoms with Crippen molar-refractivity contribution in [2.75, 3.05) is 17.2 Å². The number of rotatable bonds is 8. The van der Waals surface area contributed by atoms with E-state index < -0.39 is 17.7 Å². The summed E-state index contributed by atoms with van der Waals surface area (Å²) in [5, 5.41) is 12.1. The van der Waals surface area contributed by atoms with Gasteiger partial charge in [-0.15, -0.1) is 0 Å². The first-order valence-corrected chi connectivity index (χ1v) is 10.3. The first-order valence-electron chi connectivity index (χ1n) is 10.3. The molecular formula is C22H34N4O4. The van der Waals surface area contributed by atoms with Gasteiger partial charge in [0.05, 0.1) is 16.9 Å². The second kappa shape index (κ2) is 9.36. The molecule has 0 aliphatic heterocycles. The fourth-order valence-electron chi connectivity index (χ4n) is 2.70. The van der Waals surface area contributed by atoms with Gasteiger partial charge in [-0.3, -0.25) is 4.79 Å². The van der Waals surface area contributed by atoms with Gasteiger partial charge in [-0.05, 0) is 66.5 Å². The first-order chi connectivity index (χ1) is 13.9. The van der Waals surface area contributed by atoms with Gasteiger partial charge in [0.2, 0.25) is 0 Å². The lowest BCUT2D eigenvalue weighted by Crippen LogP contribution is -2.43. The maximum Gasteiger partial charge on any atom is 0.408 e. The quantitative estimate of drug-likeness (QED) is 0.483. The highest BCUT2D eigenvalue weighted by Gasteiger charge is 2.26. The molecule has 1 aliphatic rings. The van der Waals surface area contributed by atoms with Crippen molar-refractivity contribution < 1.29 is 19.1 Å². The zero-order chi connectivity index (χ0) is 22.5. The Hall–Kier alpha value is -2.77. The Kier molecular flexibility index (Phi) is 7.34. The minimum Gasteiger partial charge on any atom is -0.444 e. The summed E-state index contributed by atoms with van der Waals surface area (Å²) < 4.78 is 5.20. The Morgan fingerprint density at radius 2 is 1.83 bits per heavy atom. The summed E-state index contributed by atoms with van der Waals surface area (Å²) in [7, 11) is 0. The smallest absolute Gasteiger partial charge is 0.408 e. The molecule has 0 heterocycles. The SMILES string of the molecule is CC(C)(C)NC(=O)c1cccc(NCC(C=O)NC(=O)OC(C)(C)C)c1NC1CC1. The van der Waals surface area contributed by atoms with Crippen molar-refractivity contribution in [3.05, 3.63) is 23.8 Å². The number of alkyl carbamates (subject to hydrolysis) is 1. The fourth-order valence-corrected chi connectivity index (χ4v) is 2.70. The zero-order valence-corrected chi connectivity index (χ0v) is 18.7. The van der Waals surface area contributed by atoms with Crippen molar-refractivity contribution in [1.29, 1.82) is 0 Å². The highest BCUT2D eigenvalue weighted by molar-refractivity contribution is 6.03. The third kappa shape index (κ3) is 7.93. The monoisotopic (exact) mass is 418 g/mol. The zero-order valence-electron chi connectivity index (χ0n) is 18.7. The van der Waals surface area contributed by atoms with Gasteiger partial charge in [-0.25, -0.2) is 4.79 Å². The van der Waals surface area contributed by atoms with Crippen molar-refractivity contribution in [1.82, 2.24) is 10.6 Å². The normalized spacial score (nSPS) is 15.0. The van der Waals surface area contributed by atoms with Gasteiger partial charge in [0.1, 0.15) is 17.9 Å². The van der Waals surface area contributed by atoms with E-state index in [0.29, 0.717) is 29.3 Å².